The summed E-state index contributed by atoms with van der Waals surface area (Å²) >= 11 is 0. The molecule has 0 aliphatic heterocycles. The fraction of sp³-hybridized carbons (Fsp3) is 0.933. The van der Waals surface area contributed by atoms with Crippen molar-refractivity contribution in [1.29, 1.82) is 0 Å². The molecule has 0 saturated heterocycles. The molecule has 0 amide bonds. The van der Waals surface area contributed by atoms with Crippen LogP contribution in [0.2, 0.25) is 0 Å². The zero-order chi connectivity index (χ0) is 11.3. The maximum absolute atomic E-state index is 11.5. The third kappa shape index (κ3) is 2.67. The van der Waals surface area contributed by atoms with Crippen molar-refractivity contribution in [3.05, 3.63) is 0 Å². The molecule has 91 valence electrons. The van der Waals surface area contributed by atoms with Crippen molar-refractivity contribution >= 4 is 6.29 Å². The molecule has 0 heterocycles. The van der Waals surface area contributed by atoms with E-state index in [0.29, 0.717) is 5.92 Å². The smallest absolute Gasteiger partial charge is 0.205 e. The van der Waals surface area contributed by atoms with Gasteiger partial charge in [-0.2, -0.15) is 0 Å². The van der Waals surface area contributed by atoms with Crippen LogP contribution < -0.4 is 0 Å². The molecule has 0 bridgehead atoms. The Labute approximate surface area is 100.0 Å². The topological polar surface area (TPSA) is 17.1 Å². The van der Waals surface area contributed by atoms with E-state index in [-0.39, 0.29) is 5.41 Å². The van der Waals surface area contributed by atoms with E-state index in [1.165, 1.54) is 64.2 Å². The van der Waals surface area contributed by atoms with Gasteiger partial charge in [0.15, 0.2) is 0 Å². The second kappa shape index (κ2) is 5.84. The third-order valence-electron chi connectivity index (χ3n) is 4.84. The van der Waals surface area contributed by atoms with Crippen molar-refractivity contribution in [2.24, 2.45) is 11.3 Å². The summed E-state index contributed by atoms with van der Waals surface area (Å²) in [6, 6.07) is 0. The molecular formula is C15H25O. The van der Waals surface area contributed by atoms with E-state index in [0.717, 1.165) is 12.8 Å². The van der Waals surface area contributed by atoms with E-state index >= 15 is 0 Å². The fourth-order valence-electron chi connectivity index (χ4n) is 3.79. The van der Waals surface area contributed by atoms with Gasteiger partial charge in [0.1, 0.15) is 0 Å². The minimum Gasteiger partial charge on any atom is -0.290 e. The molecule has 0 aromatic heterocycles. The third-order valence-corrected chi connectivity index (χ3v) is 4.84. The molecule has 2 fully saturated rings. The molecule has 16 heavy (non-hydrogen) atoms. The standard InChI is InChI=1S/C15H25O/c16-13-15(11-7-3-4-8-12-15)14-9-5-1-2-6-10-14/h14H,1-12H2. The maximum atomic E-state index is 11.5. The van der Waals surface area contributed by atoms with Crippen LogP contribution in [0.3, 0.4) is 0 Å². The minimum absolute atomic E-state index is 0.0408. The van der Waals surface area contributed by atoms with E-state index in [4.69, 9.17) is 0 Å². The number of hydrogen-bond acceptors (Lipinski definition) is 1. The largest absolute Gasteiger partial charge is 0.290 e. The van der Waals surface area contributed by atoms with Gasteiger partial charge in [0.2, 0.25) is 6.29 Å². The van der Waals surface area contributed by atoms with Crippen molar-refractivity contribution in [2.45, 2.75) is 77.0 Å². The van der Waals surface area contributed by atoms with Crippen molar-refractivity contribution in [3.8, 4) is 0 Å². The van der Waals surface area contributed by atoms with Gasteiger partial charge in [-0.1, -0.05) is 51.4 Å². The Hall–Kier alpha value is -0.330. The molecule has 0 spiro atoms. The van der Waals surface area contributed by atoms with Crippen LogP contribution in [0.4, 0.5) is 0 Å². The maximum Gasteiger partial charge on any atom is 0.205 e. The van der Waals surface area contributed by atoms with Crippen molar-refractivity contribution in [3.63, 3.8) is 0 Å². The molecule has 2 rings (SSSR count). The molecule has 2 aliphatic carbocycles. The predicted octanol–water partition coefficient (Wildman–Crippen LogP) is 4.41. The van der Waals surface area contributed by atoms with Crippen molar-refractivity contribution in [2.75, 3.05) is 0 Å². The Morgan fingerprint density at radius 3 is 1.75 bits per heavy atom. The zero-order valence-corrected chi connectivity index (χ0v) is 10.5. The Morgan fingerprint density at radius 1 is 0.750 bits per heavy atom. The first-order valence-electron chi connectivity index (χ1n) is 7.27. The van der Waals surface area contributed by atoms with Crippen LogP contribution in [0.5, 0.6) is 0 Å². The zero-order valence-electron chi connectivity index (χ0n) is 10.5. The quantitative estimate of drug-likeness (QED) is 0.631. The highest BCUT2D eigenvalue weighted by atomic mass is 16.1. The van der Waals surface area contributed by atoms with E-state index in [2.05, 4.69) is 6.29 Å². The first-order valence-corrected chi connectivity index (χ1v) is 7.27. The Morgan fingerprint density at radius 2 is 1.25 bits per heavy atom. The minimum atomic E-state index is -0.0408. The summed E-state index contributed by atoms with van der Waals surface area (Å²) < 4.78 is 0. The van der Waals surface area contributed by atoms with Crippen LogP contribution in [-0.4, -0.2) is 6.29 Å². The van der Waals surface area contributed by atoms with Gasteiger partial charge < -0.3 is 0 Å². The summed E-state index contributed by atoms with van der Waals surface area (Å²) in [5.74, 6) is 0.658. The van der Waals surface area contributed by atoms with Crippen LogP contribution in [0.15, 0.2) is 0 Å². The highest BCUT2D eigenvalue weighted by molar-refractivity contribution is 5.61. The normalized spacial score (nSPS) is 28.0. The first-order chi connectivity index (χ1) is 7.87. The average molecular weight is 221 g/mol. The van der Waals surface area contributed by atoms with Gasteiger partial charge >= 0.3 is 0 Å². The fourth-order valence-corrected chi connectivity index (χ4v) is 3.79. The summed E-state index contributed by atoms with van der Waals surface area (Å²) in [4.78, 5) is 11.5. The Bertz CT molecular complexity index is 205. The van der Waals surface area contributed by atoms with Gasteiger partial charge in [0, 0.05) is 5.41 Å². The molecule has 1 heteroatoms. The highest BCUT2D eigenvalue weighted by Gasteiger charge is 2.39. The van der Waals surface area contributed by atoms with Gasteiger partial charge in [-0.05, 0) is 31.6 Å². The number of hydrogen-bond donors (Lipinski definition) is 0. The summed E-state index contributed by atoms with van der Waals surface area (Å²) in [7, 11) is 0. The van der Waals surface area contributed by atoms with Crippen molar-refractivity contribution in [1.82, 2.24) is 0 Å². The van der Waals surface area contributed by atoms with Gasteiger partial charge in [-0.25, -0.2) is 0 Å². The molecule has 2 saturated carbocycles. The average Bonchev–Trinajstić information content (AvgIpc) is 2.72. The van der Waals surface area contributed by atoms with E-state index in [9.17, 15) is 4.79 Å². The molecule has 0 unspecified atom stereocenters. The Balaban J connectivity index is 2.07. The van der Waals surface area contributed by atoms with Gasteiger partial charge in [0.05, 0.1) is 0 Å². The predicted molar refractivity (Wildman–Crippen MR) is 67.0 cm³/mol. The molecule has 0 atom stereocenters. The lowest BCUT2D eigenvalue weighted by atomic mass is 9.68. The summed E-state index contributed by atoms with van der Waals surface area (Å²) in [6.07, 6.45) is 17.9. The van der Waals surface area contributed by atoms with Crippen LogP contribution in [-0.2, 0) is 4.79 Å². The van der Waals surface area contributed by atoms with Gasteiger partial charge in [-0.15, -0.1) is 0 Å². The van der Waals surface area contributed by atoms with Crippen LogP contribution in [0.25, 0.3) is 0 Å². The summed E-state index contributed by atoms with van der Waals surface area (Å²) in [5, 5.41) is 0. The Kier molecular flexibility index (Phi) is 4.43. The second-order valence-electron chi connectivity index (χ2n) is 5.86. The number of carbonyl (C=O) groups excluding carboxylic acids is 1. The monoisotopic (exact) mass is 221 g/mol. The van der Waals surface area contributed by atoms with Crippen LogP contribution >= 0.6 is 0 Å². The summed E-state index contributed by atoms with van der Waals surface area (Å²) in [6.45, 7) is 0. The molecular weight excluding hydrogens is 196 g/mol. The summed E-state index contributed by atoms with van der Waals surface area (Å²) in [5.41, 5.74) is -0.0408. The molecule has 2 aliphatic rings. The first kappa shape index (κ1) is 12.1. The molecule has 1 nitrogen and oxygen atoms in total. The lowest BCUT2D eigenvalue weighted by Crippen LogP contribution is -2.31. The lowest BCUT2D eigenvalue weighted by molar-refractivity contribution is 0.192. The van der Waals surface area contributed by atoms with Crippen molar-refractivity contribution < 1.29 is 4.79 Å². The van der Waals surface area contributed by atoms with E-state index in [1.54, 1.807) is 0 Å². The van der Waals surface area contributed by atoms with E-state index < -0.39 is 0 Å². The van der Waals surface area contributed by atoms with E-state index in [1.807, 2.05) is 0 Å². The molecule has 1 radical (unpaired) electrons. The SMILES string of the molecule is O=[C]C1(C2CCCCCC2)CCCCCC1. The lowest BCUT2D eigenvalue weighted by Gasteiger charge is -2.34. The van der Waals surface area contributed by atoms with Crippen LogP contribution in [0.1, 0.15) is 77.0 Å². The van der Waals surface area contributed by atoms with Crippen LogP contribution in [0, 0.1) is 11.3 Å². The molecule has 0 N–H and O–H groups in total. The highest BCUT2D eigenvalue weighted by Crippen LogP contribution is 2.45. The van der Waals surface area contributed by atoms with Gasteiger partial charge in [0.25, 0.3) is 0 Å². The number of rotatable bonds is 2. The molecule has 0 aromatic rings. The second-order valence-corrected chi connectivity index (χ2v) is 5.86. The molecule has 0 aromatic carbocycles. The van der Waals surface area contributed by atoms with Gasteiger partial charge in [-0.3, -0.25) is 4.79 Å².